The zero-order valence-corrected chi connectivity index (χ0v) is 13.3. The topological polar surface area (TPSA) is 37.4 Å². The quantitative estimate of drug-likeness (QED) is 0.839. The maximum atomic E-state index is 13.4. The Hall–Kier alpha value is -0.940. The van der Waals surface area contributed by atoms with Crippen LogP contribution >= 0.6 is 0 Å². The number of hydrogen-bond acceptors (Lipinski definition) is 2. The van der Waals surface area contributed by atoms with Crippen molar-refractivity contribution in [1.29, 1.82) is 0 Å². The Labute approximate surface area is 120 Å². The highest BCUT2D eigenvalue weighted by Gasteiger charge is 2.37. The molecular weight excluding hydrogens is 277 g/mol. The highest BCUT2D eigenvalue weighted by atomic mass is 32.2. The lowest BCUT2D eigenvalue weighted by atomic mass is 10.0. The van der Waals surface area contributed by atoms with Crippen LogP contribution in [0.4, 0.5) is 4.39 Å². The maximum absolute atomic E-state index is 13.4. The molecule has 1 fully saturated rings. The van der Waals surface area contributed by atoms with Gasteiger partial charge in [-0.15, -0.1) is 0 Å². The summed E-state index contributed by atoms with van der Waals surface area (Å²) in [5.41, 5.74) is 0.958. The van der Waals surface area contributed by atoms with Crippen molar-refractivity contribution >= 4 is 10.0 Å². The molecule has 1 aliphatic rings. The third-order valence-corrected chi connectivity index (χ3v) is 6.51. The largest absolute Gasteiger partial charge is 0.244 e. The van der Waals surface area contributed by atoms with Crippen LogP contribution in [0.15, 0.2) is 17.0 Å². The molecule has 0 bridgehead atoms. The first-order valence-electron chi connectivity index (χ1n) is 7.05. The second-order valence-electron chi connectivity index (χ2n) is 5.83. The molecule has 1 aromatic rings. The summed E-state index contributed by atoms with van der Waals surface area (Å²) in [6, 6.07) is 2.57. The lowest BCUT2D eigenvalue weighted by molar-refractivity contribution is 0.204. The smallest absolute Gasteiger partial charge is 0.207 e. The molecule has 5 heteroatoms. The Kier molecular flexibility index (Phi) is 4.21. The van der Waals surface area contributed by atoms with Crippen molar-refractivity contribution in [1.82, 2.24) is 4.31 Å². The average molecular weight is 299 g/mol. The first-order valence-corrected chi connectivity index (χ1v) is 8.49. The molecule has 0 aliphatic carbocycles. The van der Waals surface area contributed by atoms with Crippen LogP contribution < -0.4 is 0 Å². The number of nitrogens with zero attached hydrogens (tertiary/aromatic N) is 1. The molecule has 0 unspecified atom stereocenters. The zero-order chi connectivity index (χ0) is 15.1. The molecule has 2 atom stereocenters. The molecule has 0 radical (unpaired) electrons. The molecule has 0 saturated carbocycles. The fourth-order valence-corrected chi connectivity index (χ4v) is 5.58. The van der Waals surface area contributed by atoms with E-state index in [-0.39, 0.29) is 17.0 Å². The van der Waals surface area contributed by atoms with Gasteiger partial charge in [-0.25, -0.2) is 12.8 Å². The predicted molar refractivity (Wildman–Crippen MR) is 77.7 cm³/mol. The summed E-state index contributed by atoms with van der Waals surface area (Å²) >= 11 is 0. The van der Waals surface area contributed by atoms with Crippen molar-refractivity contribution in [3.05, 3.63) is 29.1 Å². The summed E-state index contributed by atoms with van der Waals surface area (Å²) in [4.78, 5) is 0.263. The van der Waals surface area contributed by atoms with E-state index in [9.17, 15) is 12.8 Å². The minimum absolute atomic E-state index is 0.00685. The molecule has 0 N–H and O–H groups in total. The summed E-state index contributed by atoms with van der Waals surface area (Å²) in [5, 5.41) is 0. The Bertz CT molecular complexity index is 579. The molecule has 1 saturated heterocycles. The van der Waals surface area contributed by atoms with Crippen LogP contribution in [0.3, 0.4) is 0 Å². The minimum atomic E-state index is -3.57. The molecule has 0 spiro atoms. The van der Waals surface area contributed by atoms with Gasteiger partial charge in [0.15, 0.2) is 0 Å². The van der Waals surface area contributed by atoms with Crippen molar-refractivity contribution in [2.24, 2.45) is 0 Å². The Morgan fingerprint density at radius 1 is 1.10 bits per heavy atom. The SMILES string of the molecule is Cc1cc(F)cc(C)c1S(=O)(=O)N1[C@H](C)CCC[C@@H]1C. The summed E-state index contributed by atoms with van der Waals surface area (Å²) in [7, 11) is -3.57. The summed E-state index contributed by atoms with van der Waals surface area (Å²) in [6.07, 6.45) is 2.81. The van der Waals surface area contributed by atoms with Gasteiger partial charge in [0.25, 0.3) is 0 Å². The standard InChI is InChI=1S/C15H22FNO2S/c1-10-8-14(16)9-11(2)15(10)20(18,19)17-12(3)6-5-7-13(17)4/h8-9,12-13H,5-7H2,1-4H3/t12-,13+. The highest BCUT2D eigenvalue weighted by Crippen LogP contribution is 2.32. The summed E-state index contributed by atoms with van der Waals surface area (Å²) in [5.74, 6) is -0.390. The molecule has 0 amide bonds. The van der Waals surface area contributed by atoms with Gasteiger partial charge in [0, 0.05) is 12.1 Å². The number of benzene rings is 1. The van der Waals surface area contributed by atoms with Gasteiger partial charge in [-0.1, -0.05) is 6.42 Å². The molecule has 2 rings (SSSR count). The monoisotopic (exact) mass is 299 g/mol. The first-order chi connectivity index (χ1) is 9.25. The molecule has 0 aromatic heterocycles. The molecule has 3 nitrogen and oxygen atoms in total. The normalized spacial score (nSPS) is 24.9. The number of halogens is 1. The van der Waals surface area contributed by atoms with Gasteiger partial charge in [-0.05, 0) is 63.8 Å². The molecule has 1 aliphatic heterocycles. The van der Waals surface area contributed by atoms with E-state index < -0.39 is 15.8 Å². The van der Waals surface area contributed by atoms with Crippen LogP contribution in [0.5, 0.6) is 0 Å². The van der Waals surface area contributed by atoms with Gasteiger partial charge >= 0.3 is 0 Å². The van der Waals surface area contributed by atoms with Gasteiger partial charge < -0.3 is 0 Å². The van der Waals surface area contributed by atoms with E-state index in [1.165, 1.54) is 12.1 Å². The second kappa shape index (κ2) is 5.45. The Morgan fingerprint density at radius 2 is 1.55 bits per heavy atom. The van der Waals surface area contributed by atoms with Crippen molar-refractivity contribution in [3.63, 3.8) is 0 Å². The van der Waals surface area contributed by atoms with Crippen LogP contribution in [0.25, 0.3) is 0 Å². The third kappa shape index (κ3) is 2.61. The van der Waals surface area contributed by atoms with E-state index in [1.807, 2.05) is 13.8 Å². The van der Waals surface area contributed by atoms with Crippen molar-refractivity contribution < 1.29 is 12.8 Å². The highest BCUT2D eigenvalue weighted by molar-refractivity contribution is 7.89. The summed E-state index contributed by atoms with van der Waals surface area (Å²) < 4.78 is 40.9. The molecule has 1 aromatic carbocycles. The van der Waals surface area contributed by atoms with Gasteiger partial charge in [0.05, 0.1) is 4.90 Å². The van der Waals surface area contributed by atoms with Crippen molar-refractivity contribution in [2.75, 3.05) is 0 Å². The van der Waals surface area contributed by atoms with Gasteiger partial charge in [0.2, 0.25) is 10.0 Å². The summed E-state index contributed by atoms with van der Waals surface area (Å²) in [6.45, 7) is 7.20. The fourth-order valence-electron chi connectivity index (χ4n) is 3.28. The maximum Gasteiger partial charge on any atom is 0.244 e. The predicted octanol–water partition coefficient (Wildman–Crippen LogP) is 3.39. The van der Waals surface area contributed by atoms with Crippen LogP contribution in [0, 0.1) is 19.7 Å². The van der Waals surface area contributed by atoms with Crippen LogP contribution in [-0.2, 0) is 10.0 Å². The van der Waals surface area contributed by atoms with E-state index in [0.29, 0.717) is 11.1 Å². The lowest BCUT2D eigenvalue weighted by Gasteiger charge is -2.38. The van der Waals surface area contributed by atoms with Crippen LogP contribution in [0.2, 0.25) is 0 Å². The molecule has 1 heterocycles. The van der Waals surface area contributed by atoms with Crippen molar-refractivity contribution in [2.45, 2.75) is 63.9 Å². The average Bonchev–Trinajstić information content (AvgIpc) is 2.25. The van der Waals surface area contributed by atoms with E-state index >= 15 is 0 Å². The van der Waals surface area contributed by atoms with Gasteiger partial charge in [0.1, 0.15) is 5.82 Å². The number of piperidine rings is 1. The molecule has 112 valence electrons. The van der Waals surface area contributed by atoms with E-state index in [2.05, 4.69) is 0 Å². The van der Waals surface area contributed by atoms with Gasteiger partial charge in [-0.3, -0.25) is 0 Å². The molecular formula is C15H22FNO2S. The number of aryl methyl sites for hydroxylation is 2. The Balaban J connectivity index is 2.55. The minimum Gasteiger partial charge on any atom is -0.207 e. The van der Waals surface area contributed by atoms with Gasteiger partial charge in [-0.2, -0.15) is 4.31 Å². The van der Waals surface area contributed by atoms with E-state index in [4.69, 9.17) is 0 Å². The number of sulfonamides is 1. The van der Waals surface area contributed by atoms with Crippen LogP contribution in [0.1, 0.15) is 44.2 Å². The molecule has 20 heavy (non-hydrogen) atoms. The van der Waals surface area contributed by atoms with E-state index in [1.54, 1.807) is 18.2 Å². The second-order valence-corrected chi connectivity index (χ2v) is 7.61. The van der Waals surface area contributed by atoms with E-state index in [0.717, 1.165) is 19.3 Å². The lowest BCUT2D eigenvalue weighted by Crippen LogP contribution is -2.47. The van der Waals surface area contributed by atoms with Crippen LogP contribution in [-0.4, -0.2) is 24.8 Å². The number of rotatable bonds is 2. The first kappa shape index (κ1) is 15.4. The fraction of sp³-hybridized carbons (Fsp3) is 0.600. The third-order valence-electron chi connectivity index (χ3n) is 4.07. The van der Waals surface area contributed by atoms with Crippen molar-refractivity contribution in [3.8, 4) is 0 Å². The Morgan fingerprint density at radius 3 is 2.00 bits per heavy atom. The zero-order valence-electron chi connectivity index (χ0n) is 12.5. The number of hydrogen-bond donors (Lipinski definition) is 0.